The molecule has 160 valence electrons. The number of halogens is 3. The summed E-state index contributed by atoms with van der Waals surface area (Å²) in [5, 5.41) is 5.78. The van der Waals surface area contributed by atoms with E-state index in [-0.39, 0.29) is 30.1 Å². The van der Waals surface area contributed by atoms with Gasteiger partial charge in [-0.25, -0.2) is 0 Å². The fraction of sp³-hybridized carbons (Fsp3) is 0.364. The van der Waals surface area contributed by atoms with E-state index in [1.54, 1.807) is 11.0 Å². The number of hydrogen-bond donors (Lipinski definition) is 2. The first-order valence-electron chi connectivity index (χ1n) is 9.79. The largest absolute Gasteiger partial charge is 0.416 e. The SMILES string of the molecule is Cc1ccccc1C(=O)NC1CCN(C(=O)CNc2cccc(C(F)(F)F)c2)CC1. The van der Waals surface area contributed by atoms with E-state index in [0.29, 0.717) is 31.5 Å². The Morgan fingerprint density at radius 3 is 2.43 bits per heavy atom. The third-order valence-electron chi connectivity index (χ3n) is 5.21. The van der Waals surface area contributed by atoms with Crippen LogP contribution >= 0.6 is 0 Å². The number of nitrogens with one attached hydrogen (secondary N) is 2. The number of amides is 2. The van der Waals surface area contributed by atoms with Crippen LogP contribution in [0.1, 0.15) is 34.3 Å². The van der Waals surface area contributed by atoms with Gasteiger partial charge in [0.05, 0.1) is 12.1 Å². The number of benzene rings is 2. The number of anilines is 1. The van der Waals surface area contributed by atoms with Gasteiger partial charge in [0.2, 0.25) is 5.91 Å². The standard InChI is InChI=1S/C22H24F3N3O2/c1-15-5-2-3-8-19(15)21(30)27-17-9-11-28(12-10-17)20(29)14-26-18-7-4-6-16(13-18)22(23,24)25/h2-8,13,17,26H,9-12,14H2,1H3,(H,27,30). The first-order valence-corrected chi connectivity index (χ1v) is 9.79. The molecule has 0 radical (unpaired) electrons. The molecule has 1 saturated heterocycles. The molecule has 1 aliphatic rings. The van der Waals surface area contributed by atoms with Crippen LogP contribution in [-0.2, 0) is 11.0 Å². The molecule has 2 aromatic carbocycles. The van der Waals surface area contributed by atoms with Gasteiger partial charge in [0.15, 0.2) is 0 Å². The second-order valence-corrected chi connectivity index (χ2v) is 7.38. The zero-order valence-electron chi connectivity index (χ0n) is 16.6. The first kappa shape index (κ1) is 21.7. The number of carbonyl (C=O) groups is 2. The number of nitrogens with zero attached hydrogens (tertiary/aromatic N) is 1. The van der Waals surface area contributed by atoms with Crippen molar-refractivity contribution in [2.75, 3.05) is 25.0 Å². The Balaban J connectivity index is 1.46. The van der Waals surface area contributed by atoms with Crippen LogP contribution in [0.5, 0.6) is 0 Å². The second-order valence-electron chi connectivity index (χ2n) is 7.38. The molecule has 8 heteroatoms. The molecule has 2 amide bonds. The van der Waals surface area contributed by atoms with Gasteiger partial charge in [-0.05, 0) is 49.6 Å². The van der Waals surface area contributed by atoms with E-state index in [1.807, 2.05) is 25.1 Å². The van der Waals surface area contributed by atoms with Crippen molar-refractivity contribution in [2.45, 2.75) is 32.0 Å². The summed E-state index contributed by atoms with van der Waals surface area (Å²) in [6.07, 6.45) is -3.16. The number of alkyl halides is 3. The highest BCUT2D eigenvalue weighted by molar-refractivity contribution is 5.95. The minimum atomic E-state index is -4.42. The molecule has 2 N–H and O–H groups in total. The predicted molar refractivity (Wildman–Crippen MR) is 108 cm³/mol. The summed E-state index contributed by atoms with van der Waals surface area (Å²) in [5.74, 6) is -0.305. The predicted octanol–water partition coefficient (Wildman–Crippen LogP) is 3.85. The highest BCUT2D eigenvalue weighted by atomic mass is 19.4. The van der Waals surface area contributed by atoms with Crippen molar-refractivity contribution >= 4 is 17.5 Å². The highest BCUT2D eigenvalue weighted by Gasteiger charge is 2.30. The smallest absolute Gasteiger partial charge is 0.376 e. The zero-order valence-corrected chi connectivity index (χ0v) is 16.6. The molecule has 3 rings (SSSR count). The Hall–Kier alpha value is -3.03. The van der Waals surface area contributed by atoms with Gasteiger partial charge in [-0.3, -0.25) is 9.59 Å². The molecular formula is C22H24F3N3O2. The van der Waals surface area contributed by atoms with Crippen LogP contribution in [0, 0.1) is 6.92 Å². The molecular weight excluding hydrogens is 395 g/mol. The molecule has 1 aliphatic heterocycles. The summed E-state index contributed by atoms with van der Waals surface area (Å²) in [7, 11) is 0. The number of aryl methyl sites for hydroxylation is 1. The number of carbonyl (C=O) groups excluding carboxylic acids is 2. The molecule has 1 fully saturated rings. The Bertz CT molecular complexity index is 906. The minimum absolute atomic E-state index is 0.0161. The van der Waals surface area contributed by atoms with Crippen molar-refractivity contribution in [3.63, 3.8) is 0 Å². The van der Waals surface area contributed by atoms with Gasteiger partial charge in [-0.1, -0.05) is 24.3 Å². The van der Waals surface area contributed by atoms with Gasteiger partial charge < -0.3 is 15.5 Å². The van der Waals surface area contributed by atoms with Crippen LogP contribution in [0.15, 0.2) is 48.5 Å². The number of hydrogen-bond acceptors (Lipinski definition) is 3. The normalized spacial score (nSPS) is 15.0. The van der Waals surface area contributed by atoms with E-state index in [2.05, 4.69) is 10.6 Å². The summed E-state index contributed by atoms with van der Waals surface area (Å²) in [6, 6.07) is 12.1. The molecule has 0 aromatic heterocycles. The lowest BCUT2D eigenvalue weighted by molar-refractivity contribution is -0.137. The third kappa shape index (κ3) is 5.52. The monoisotopic (exact) mass is 419 g/mol. The third-order valence-corrected chi connectivity index (χ3v) is 5.21. The van der Waals surface area contributed by atoms with E-state index >= 15 is 0 Å². The van der Waals surface area contributed by atoms with Crippen LogP contribution < -0.4 is 10.6 Å². The van der Waals surface area contributed by atoms with Crippen molar-refractivity contribution in [1.82, 2.24) is 10.2 Å². The zero-order chi connectivity index (χ0) is 21.7. The second kappa shape index (κ2) is 9.19. The molecule has 1 heterocycles. The molecule has 5 nitrogen and oxygen atoms in total. The van der Waals surface area contributed by atoms with E-state index in [4.69, 9.17) is 0 Å². The maximum Gasteiger partial charge on any atom is 0.416 e. The fourth-order valence-electron chi connectivity index (χ4n) is 3.46. The quantitative estimate of drug-likeness (QED) is 0.774. The van der Waals surface area contributed by atoms with Gasteiger partial charge >= 0.3 is 6.18 Å². The summed E-state index contributed by atoms with van der Waals surface area (Å²) in [5.41, 5.74) is 1.04. The molecule has 0 saturated carbocycles. The van der Waals surface area contributed by atoms with E-state index < -0.39 is 11.7 Å². The Labute approximate surface area is 173 Å². The summed E-state index contributed by atoms with van der Waals surface area (Å²) in [4.78, 5) is 26.5. The Kier molecular flexibility index (Phi) is 6.64. The minimum Gasteiger partial charge on any atom is -0.376 e. The van der Waals surface area contributed by atoms with Crippen molar-refractivity contribution in [1.29, 1.82) is 0 Å². The maximum atomic E-state index is 12.8. The van der Waals surface area contributed by atoms with Crippen LogP contribution in [0.25, 0.3) is 0 Å². The average molecular weight is 419 g/mol. The summed E-state index contributed by atoms with van der Waals surface area (Å²) in [6.45, 7) is 2.78. The number of piperidine rings is 1. The van der Waals surface area contributed by atoms with Crippen molar-refractivity contribution in [2.24, 2.45) is 0 Å². The first-order chi connectivity index (χ1) is 14.2. The van der Waals surface area contributed by atoms with Crippen molar-refractivity contribution < 1.29 is 22.8 Å². The molecule has 0 bridgehead atoms. The molecule has 30 heavy (non-hydrogen) atoms. The van der Waals surface area contributed by atoms with Crippen LogP contribution in [0.3, 0.4) is 0 Å². The van der Waals surface area contributed by atoms with Crippen molar-refractivity contribution in [3.8, 4) is 0 Å². The summed E-state index contributed by atoms with van der Waals surface area (Å²) >= 11 is 0. The molecule has 0 spiro atoms. The van der Waals surface area contributed by atoms with Gasteiger partial charge in [-0.15, -0.1) is 0 Å². The molecule has 2 aromatic rings. The lowest BCUT2D eigenvalue weighted by Gasteiger charge is -2.32. The molecule has 0 atom stereocenters. The highest BCUT2D eigenvalue weighted by Crippen LogP contribution is 2.30. The van der Waals surface area contributed by atoms with Gasteiger partial charge in [-0.2, -0.15) is 13.2 Å². The fourth-order valence-corrected chi connectivity index (χ4v) is 3.46. The molecule has 0 aliphatic carbocycles. The lowest BCUT2D eigenvalue weighted by atomic mass is 10.0. The number of rotatable bonds is 5. The van der Waals surface area contributed by atoms with Crippen LogP contribution in [0.4, 0.5) is 18.9 Å². The van der Waals surface area contributed by atoms with Gasteiger partial charge in [0, 0.05) is 30.4 Å². The lowest BCUT2D eigenvalue weighted by Crippen LogP contribution is -2.47. The van der Waals surface area contributed by atoms with Crippen LogP contribution in [-0.4, -0.2) is 42.4 Å². The van der Waals surface area contributed by atoms with Crippen molar-refractivity contribution in [3.05, 3.63) is 65.2 Å². The van der Waals surface area contributed by atoms with Crippen LogP contribution in [0.2, 0.25) is 0 Å². The Morgan fingerprint density at radius 2 is 1.77 bits per heavy atom. The Morgan fingerprint density at radius 1 is 1.07 bits per heavy atom. The van der Waals surface area contributed by atoms with Gasteiger partial charge in [0.25, 0.3) is 5.91 Å². The van der Waals surface area contributed by atoms with Gasteiger partial charge in [0.1, 0.15) is 0 Å². The molecule has 0 unspecified atom stereocenters. The average Bonchev–Trinajstić information content (AvgIpc) is 2.72. The van der Waals surface area contributed by atoms with E-state index in [1.165, 1.54) is 12.1 Å². The maximum absolute atomic E-state index is 12.8. The van der Waals surface area contributed by atoms with E-state index in [0.717, 1.165) is 17.7 Å². The topological polar surface area (TPSA) is 61.4 Å². The van der Waals surface area contributed by atoms with E-state index in [9.17, 15) is 22.8 Å². The summed E-state index contributed by atoms with van der Waals surface area (Å²) < 4.78 is 38.3. The number of likely N-dealkylation sites (tertiary alicyclic amines) is 1.